The van der Waals surface area contributed by atoms with Crippen molar-refractivity contribution in [2.24, 2.45) is 5.73 Å². The van der Waals surface area contributed by atoms with Crippen LogP contribution in [0.5, 0.6) is 0 Å². The standard InChI is InChI=1S/C8H22N2O2Si/c1-4-13(11-2,12-3)8-7-10-6-5-9/h10H,4-9H2,1-3H3. The van der Waals surface area contributed by atoms with Crippen molar-refractivity contribution in [1.82, 2.24) is 5.32 Å². The Kier molecular flexibility index (Phi) is 7.49. The summed E-state index contributed by atoms with van der Waals surface area (Å²) in [4.78, 5) is 0. The van der Waals surface area contributed by atoms with Crippen LogP contribution in [0.1, 0.15) is 6.92 Å². The van der Waals surface area contributed by atoms with Crippen LogP contribution in [-0.2, 0) is 8.85 Å². The fraction of sp³-hybridized carbons (Fsp3) is 1.00. The van der Waals surface area contributed by atoms with Crippen LogP contribution in [0.4, 0.5) is 0 Å². The summed E-state index contributed by atoms with van der Waals surface area (Å²) in [5.74, 6) is 0. The van der Waals surface area contributed by atoms with E-state index in [1.165, 1.54) is 0 Å². The molecule has 3 N–H and O–H groups in total. The van der Waals surface area contributed by atoms with E-state index in [0.29, 0.717) is 6.54 Å². The third-order valence-corrected chi connectivity index (χ3v) is 5.86. The van der Waals surface area contributed by atoms with Gasteiger partial charge in [0.2, 0.25) is 0 Å². The van der Waals surface area contributed by atoms with Crippen LogP contribution in [0.15, 0.2) is 0 Å². The van der Waals surface area contributed by atoms with Gasteiger partial charge in [-0.05, 0) is 12.6 Å². The lowest BCUT2D eigenvalue weighted by Gasteiger charge is -2.25. The van der Waals surface area contributed by atoms with E-state index >= 15 is 0 Å². The molecule has 0 aliphatic rings. The van der Waals surface area contributed by atoms with Crippen LogP contribution in [0.3, 0.4) is 0 Å². The molecule has 80 valence electrons. The average molecular weight is 206 g/mol. The second-order valence-corrected chi connectivity index (χ2v) is 6.81. The monoisotopic (exact) mass is 206 g/mol. The quantitative estimate of drug-likeness (QED) is 0.443. The predicted octanol–water partition coefficient (Wildman–Crippen LogP) is 0.290. The summed E-state index contributed by atoms with van der Waals surface area (Å²) in [6, 6.07) is 1.97. The van der Waals surface area contributed by atoms with Gasteiger partial charge in [-0.3, -0.25) is 0 Å². The van der Waals surface area contributed by atoms with Crippen molar-refractivity contribution in [3.05, 3.63) is 0 Å². The minimum atomic E-state index is -1.87. The molecule has 0 rings (SSSR count). The first kappa shape index (κ1) is 13.1. The van der Waals surface area contributed by atoms with Crippen molar-refractivity contribution in [3.8, 4) is 0 Å². The highest BCUT2D eigenvalue weighted by Crippen LogP contribution is 2.15. The molecule has 0 saturated carbocycles. The lowest BCUT2D eigenvalue weighted by Crippen LogP contribution is -2.42. The third-order valence-electron chi connectivity index (χ3n) is 2.29. The van der Waals surface area contributed by atoms with Crippen molar-refractivity contribution < 1.29 is 8.85 Å². The highest BCUT2D eigenvalue weighted by atomic mass is 28.4. The fourth-order valence-corrected chi connectivity index (χ4v) is 3.32. The Bertz CT molecular complexity index is 112. The van der Waals surface area contributed by atoms with Gasteiger partial charge < -0.3 is 19.9 Å². The van der Waals surface area contributed by atoms with Gasteiger partial charge in [-0.2, -0.15) is 0 Å². The van der Waals surface area contributed by atoms with Crippen LogP contribution < -0.4 is 11.1 Å². The Morgan fingerprint density at radius 2 is 1.85 bits per heavy atom. The third kappa shape index (κ3) is 4.73. The Hall–Kier alpha value is 0.0569. The molecule has 0 saturated heterocycles. The summed E-state index contributed by atoms with van der Waals surface area (Å²) < 4.78 is 10.9. The highest BCUT2D eigenvalue weighted by molar-refractivity contribution is 6.67. The first-order valence-electron chi connectivity index (χ1n) is 4.75. The molecule has 5 heteroatoms. The summed E-state index contributed by atoms with van der Waals surface area (Å²) in [6.07, 6.45) is 0. The maximum atomic E-state index is 5.46. The largest absolute Gasteiger partial charge is 0.398 e. The van der Waals surface area contributed by atoms with Crippen LogP contribution in [0, 0.1) is 0 Å². The molecule has 0 aromatic carbocycles. The molecule has 0 aliphatic carbocycles. The molecule has 0 aromatic rings. The van der Waals surface area contributed by atoms with Gasteiger partial charge in [0.25, 0.3) is 0 Å². The zero-order valence-electron chi connectivity index (χ0n) is 8.93. The second kappa shape index (κ2) is 7.46. The van der Waals surface area contributed by atoms with E-state index in [4.69, 9.17) is 14.6 Å². The zero-order valence-corrected chi connectivity index (χ0v) is 9.93. The molecule has 4 nitrogen and oxygen atoms in total. The van der Waals surface area contributed by atoms with Gasteiger partial charge in [0.1, 0.15) is 0 Å². The van der Waals surface area contributed by atoms with Gasteiger partial charge >= 0.3 is 8.56 Å². The Labute approximate surface area is 82.0 Å². The minimum absolute atomic E-state index is 0.681. The molecule has 0 unspecified atom stereocenters. The average Bonchev–Trinajstić information content (AvgIpc) is 2.20. The number of hydrogen-bond donors (Lipinski definition) is 2. The lowest BCUT2D eigenvalue weighted by molar-refractivity contribution is 0.242. The minimum Gasteiger partial charge on any atom is -0.398 e. The fourth-order valence-electron chi connectivity index (χ4n) is 1.26. The molecule has 0 amide bonds. The molecule has 0 radical (unpaired) electrons. The van der Waals surface area contributed by atoms with E-state index in [2.05, 4.69) is 12.2 Å². The molecule has 0 aromatic heterocycles. The zero-order chi connectivity index (χ0) is 10.2. The van der Waals surface area contributed by atoms with Gasteiger partial charge in [-0.15, -0.1) is 0 Å². The van der Waals surface area contributed by atoms with E-state index in [0.717, 1.165) is 25.2 Å². The van der Waals surface area contributed by atoms with Gasteiger partial charge in [-0.25, -0.2) is 0 Å². The Morgan fingerprint density at radius 1 is 1.23 bits per heavy atom. The summed E-state index contributed by atoms with van der Waals surface area (Å²) in [6.45, 7) is 4.59. The molecule has 0 heterocycles. The summed E-state index contributed by atoms with van der Waals surface area (Å²) in [5, 5.41) is 3.24. The molecular formula is C8H22N2O2Si. The van der Waals surface area contributed by atoms with Crippen LogP contribution in [0.25, 0.3) is 0 Å². The van der Waals surface area contributed by atoms with E-state index in [-0.39, 0.29) is 0 Å². The van der Waals surface area contributed by atoms with E-state index < -0.39 is 8.56 Å². The van der Waals surface area contributed by atoms with Gasteiger partial charge in [0.15, 0.2) is 0 Å². The summed E-state index contributed by atoms with van der Waals surface area (Å²) >= 11 is 0. The maximum absolute atomic E-state index is 5.46. The number of hydrogen-bond acceptors (Lipinski definition) is 4. The SMILES string of the molecule is CC[Si](CCNCCN)(OC)OC. The molecular weight excluding hydrogens is 184 g/mol. The number of nitrogens with two attached hydrogens (primary N) is 1. The lowest BCUT2D eigenvalue weighted by atomic mass is 10.6. The van der Waals surface area contributed by atoms with Crippen molar-refractivity contribution in [1.29, 1.82) is 0 Å². The van der Waals surface area contributed by atoms with Crippen LogP contribution >= 0.6 is 0 Å². The van der Waals surface area contributed by atoms with E-state index in [9.17, 15) is 0 Å². The summed E-state index contributed by atoms with van der Waals surface area (Å²) in [7, 11) is 1.61. The molecule has 0 spiro atoms. The van der Waals surface area contributed by atoms with E-state index in [1.807, 2.05) is 0 Å². The maximum Gasteiger partial charge on any atom is 0.338 e. The number of rotatable bonds is 8. The molecule has 0 fully saturated rings. The molecule has 0 bridgehead atoms. The highest BCUT2D eigenvalue weighted by Gasteiger charge is 2.32. The normalized spacial score (nSPS) is 12.0. The van der Waals surface area contributed by atoms with Gasteiger partial charge in [0, 0.05) is 33.4 Å². The Balaban J connectivity index is 3.68. The van der Waals surface area contributed by atoms with Crippen molar-refractivity contribution in [2.45, 2.75) is 19.0 Å². The molecule has 0 aliphatic heterocycles. The molecule has 13 heavy (non-hydrogen) atoms. The van der Waals surface area contributed by atoms with Gasteiger partial charge in [-0.1, -0.05) is 6.92 Å². The van der Waals surface area contributed by atoms with Crippen molar-refractivity contribution in [2.75, 3.05) is 33.9 Å². The smallest absolute Gasteiger partial charge is 0.338 e. The van der Waals surface area contributed by atoms with E-state index in [1.54, 1.807) is 14.2 Å². The van der Waals surface area contributed by atoms with Crippen molar-refractivity contribution in [3.63, 3.8) is 0 Å². The van der Waals surface area contributed by atoms with Crippen molar-refractivity contribution >= 4 is 8.56 Å². The second-order valence-electron chi connectivity index (χ2n) is 2.96. The van der Waals surface area contributed by atoms with Crippen LogP contribution in [0.2, 0.25) is 12.1 Å². The topological polar surface area (TPSA) is 56.5 Å². The first-order chi connectivity index (χ1) is 6.24. The van der Waals surface area contributed by atoms with Gasteiger partial charge in [0.05, 0.1) is 0 Å². The number of nitrogens with one attached hydrogen (secondary N) is 1. The van der Waals surface area contributed by atoms with Crippen LogP contribution in [-0.4, -0.2) is 42.4 Å². The molecule has 0 atom stereocenters. The summed E-state index contributed by atoms with van der Waals surface area (Å²) in [5.41, 5.74) is 5.36. The predicted molar refractivity (Wildman–Crippen MR) is 57.0 cm³/mol. The first-order valence-corrected chi connectivity index (χ1v) is 6.99. The Morgan fingerprint density at radius 3 is 2.23 bits per heavy atom.